The summed E-state index contributed by atoms with van der Waals surface area (Å²) in [5.41, 5.74) is 0.923. The van der Waals surface area contributed by atoms with E-state index in [-0.39, 0.29) is 17.9 Å². The first kappa shape index (κ1) is 17.9. The van der Waals surface area contributed by atoms with Crippen LogP contribution in [0.2, 0.25) is 0 Å². The van der Waals surface area contributed by atoms with Crippen LogP contribution in [0.1, 0.15) is 50.7 Å². The zero-order valence-corrected chi connectivity index (χ0v) is 15.0. The second kappa shape index (κ2) is 8.48. The average Bonchev–Trinajstić information content (AvgIpc) is 3.01. The predicted octanol–water partition coefficient (Wildman–Crippen LogP) is 2.77. The zero-order valence-electron chi connectivity index (χ0n) is 15.0. The molecule has 2 amide bonds. The van der Waals surface area contributed by atoms with Crippen LogP contribution in [-0.2, 0) is 14.3 Å². The topological polar surface area (TPSA) is 49.9 Å². The summed E-state index contributed by atoms with van der Waals surface area (Å²) in [6.45, 7) is 4.17. The average molecular weight is 344 g/mol. The minimum Gasteiger partial charge on any atom is -0.360 e. The van der Waals surface area contributed by atoms with E-state index in [2.05, 4.69) is 0 Å². The van der Waals surface area contributed by atoms with Crippen LogP contribution in [-0.4, -0.2) is 53.9 Å². The van der Waals surface area contributed by atoms with Crippen molar-refractivity contribution in [3.8, 4) is 0 Å². The maximum atomic E-state index is 13.2. The third kappa shape index (κ3) is 4.60. The van der Waals surface area contributed by atoms with Crippen LogP contribution in [0.15, 0.2) is 30.3 Å². The van der Waals surface area contributed by atoms with Crippen molar-refractivity contribution in [3.63, 3.8) is 0 Å². The fourth-order valence-electron chi connectivity index (χ4n) is 3.74. The maximum absolute atomic E-state index is 13.2. The third-order valence-corrected chi connectivity index (χ3v) is 5.21. The highest BCUT2D eigenvalue weighted by atomic mass is 16.5. The van der Waals surface area contributed by atoms with Gasteiger partial charge in [0.1, 0.15) is 0 Å². The Labute approximate surface area is 149 Å². The van der Waals surface area contributed by atoms with Crippen LogP contribution >= 0.6 is 0 Å². The molecule has 25 heavy (non-hydrogen) atoms. The highest BCUT2D eigenvalue weighted by Crippen LogP contribution is 2.29. The van der Waals surface area contributed by atoms with E-state index in [9.17, 15) is 9.59 Å². The van der Waals surface area contributed by atoms with Gasteiger partial charge in [-0.3, -0.25) is 9.59 Å². The van der Waals surface area contributed by atoms with E-state index < -0.39 is 6.10 Å². The molecule has 0 radical (unpaired) electrons. The molecule has 1 saturated heterocycles. The van der Waals surface area contributed by atoms with Gasteiger partial charge < -0.3 is 14.5 Å². The molecule has 2 aliphatic rings. The Hall–Kier alpha value is -1.88. The molecule has 3 rings (SSSR count). The number of hydrogen-bond acceptors (Lipinski definition) is 3. The molecule has 1 aromatic carbocycles. The molecule has 5 nitrogen and oxygen atoms in total. The monoisotopic (exact) mass is 344 g/mol. The molecule has 0 N–H and O–H groups in total. The lowest BCUT2D eigenvalue weighted by atomic mass is 10.1. The van der Waals surface area contributed by atoms with E-state index in [0.717, 1.165) is 31.4 Å². The van der Waals surface area contributed by atoms with E-state index in [0.29, 0.717) is 19.6 Å². The van der Waals surface area contributed by atoms with Crippen molar-refractivity contribution >= 4 is 11.8 Å². The summed E-state index contributed by atoms with van der Waals surface area (Å²) < 4.78 is 6.26. The molecule has 1 aliphatic carbocycles. The van der Waals surface area contributed by atoms with Crippen LogP contribution in [0.4, 0.5) is 0 Å². The Morgan fingerprint density at radius 3 is 2.28 bits per heavy atom. The van der Waals surface area contributed by atoms with Gasteiger partial charge in [-0.15, -0.1) is 0 Å². The Bertz CT molecular complexity index is 584. The van der Waals surface area contributed by atoms with Crippen LogP contribution in [0.5, 0.6) is 0 Å². The smallest absolute Gasteiger partial charge is 0.256 e. The Morgan fingerprint density at radius 2 is 1.60 bits per heavy atom. The van der Waals surface area contributed by atoms with Gasteiger partial charge in [0.2, 0.25) is 5.91 Å². The number of rotatable bonds is 4. The van der Waals surface area contributed by atoms with E-state index in [1.807, 2.05) is 40.1 Å². The Morgan fingerprint density at radius 1 is 0.960 bits per heavy atom. The van der Waals surface area contributed by atoms with Crippen molar-refractivity contribution in [2.75, 3.05) is 26.2 Å². The number of carbonyl (C=O) groups excluding carboxylic acids is 2. The molecule has 2 fully saturated rings. The quantitative estimate of drug-likeness (QED) is 0.844. The van der Waals surface area contributed by atoms with Crippen LogP contribution < -0.4 is 0 Å². The molecule has 0 unspecified atom stereocenters. The second-order valence-electron chi connectivity index (χ2n) is 7.02. The minimum absolute atomic E-state index is 0.0310. The summed E-state index contributed by atoms with van der Waals surface area (Å²) in [5, 5.41) is 0. The summed E-state index contributed by atoms with van der Waals surface area (Å²) in [6.07, 6.45) is 4.89. The number of benzene rings is 1. The lowest BCUT2D eigenvalue weighted by molar-refractivity contribution is -0.148. The molecule has 0 aromatic heterocycles. The first-order valence-electron chi connectivity index (χ1n) is 9.40. The van der Waals surface area contributed by atoms with Crippen LogP contribution in [0, 0.1) is 0 Å². The van der Waals surface area contributed by atoms with Gasteiger partial charge in [0.05, 0.1) is 6.10 Å². The van der Waals surface area contributed by atoms with Gasteiger partial charge in [0.15, 0.2) is 6.10 Å². The number of hydrogen-bond donors (Lipinski definition) is 0. The fraction of sp³-hybridized carbons (Fsp3) is 0.600. The number of amides is 2. The summed E-state index contributed by atoms with van der Waals surface area (Å²) in [5.74, 6) is 0.111. The number of carbonyl (C=O) groups is 2. The van der Waals surface area contributed by atoms with Gasteiger partial charge in [-0.25, -0.2) is 0 Å². The summed E-state index contributed by atoms with van der Waals surface area (Å²) >= 11 is 0. The Balaban J connectivity index is 1.73. The largest absolute Gasteiger partial charge is 0.360 e. The van der Waals surface area contributed by atoms with Gasteiger partial charge in [0, 0.05) is 33.1 Å². The van der Waals surface area contributed by atoms with Gasteiger partial charge in [-0.1, -0.05) is 43.2 Å². The first-order chi connectivity index (χ1) is 12.1. The van der Waals surface area contributed by atoms with Crippen molar-refractivity contribution in [2.24, 2.45) is 0 Å². The molecule has 5 heteroatoms. The molecule has 1 aromatic rings. The molecule has 1 heterocycles. The molecule has 0 spiro atoms. The van der Waals surface area contributed by atoms with E-state index >= 15 is 0 Å². The van der Waals surface area contributed by atoms with Crippen LogP contribution in [0.3, 0.4) is 0 Å². The minimum atomic E-state index is -0.534. The lowest BCUT2D eigenvalue weighted by Gasteiger charge is -2.28. The van der Waals surface area contributed by atoms with Crippen molar-refractivity contribution in [1.29, 1.82) is 0 Å². The van der Waals surface area contributed by atoms with Crippen molar-refractivity contribution in [3.05, 3.63) is 35.9 Å². The lowest BCUT2D eigenvalue weighted by Crippen LogP contribution is -2.40. The van der Waals surface area contributed by atoms with Gasteiger partial charge in [-0.2, -0.15) is 0 Å². The third-order valence-electron chi connectivity index (χ3n) is 5.21. The molecule has 1 aliphatic heterocycles. The normalized spacial score (nSPS) is 20.4. The van der Waals surface area contributed by atoms with E-state index in [1.165, 1.54) is 12.8 Å². The van der Waals surface area contributed by atoms with Crippen molar-refractivity contribution in [1.82, 2.24) is 9.80 Å². The van der Waals surface area contributed by atoms with Gasteiger partial charge in [0.25, 0.3) is 5.91 Å². The van der Waals surface area contributed by atoms with Gasteiger partial charge in [-0.05, 0) is 24.8 Å². The highest BCUT2D eigenvalue weighted by Gasteiger charge is 2.31. The molecule has 136 valence electrons. The standard InChI is InChI=1S/C20H28N2O3/c1-16(23)21-12-7-13-22(15-14-21)20(24)19(17-8-3-2-4-9-17)25-18-10-5-6-11-18/h2-4,8-9,18-19H,5-7,10-15H2,1H3/t19-/m0/s1. The van der Waals surface area contributed by atoms with Crippen molar-refractivity contribution in [2.45, 2.75) is 51.2 Å². The molecular formula is C20H28N2O3. The Kier molecular flexibility index (Phi) is 6.08. The summed E-state index contributed by atoms with van der Waals surface area (Å²) in [4.78, 5) is 28.5. The van der Waals surface area contributed by atoms with Crippen LogP contribution in [0.25, 0.3) is 0 Å². The van der Waals surface area contributed by atoms with E-state index in [1.54, 1.807) is 6.92 Å². The second-order valence-corrected chi connectivity index (χ2v) is 7.02. The van der Waals surface area contributed by atoms with Gasteiger partial charge >= 0.3 is 0 Å². The maximum Gasteiger partial charge on any atom is 0.256 e. The molecule has 1 saturated carbocycles. The number of nitrogens with zero attached hydrogens (tertiary/aromatic N) is 2. The first-order valence-corrected chi connectivity index (χ1v) is 9.40. The molecule has 0 bridgehead atoms. The fourth-order valence-corrected chi connectivity index (χ4v) is 3.74. The van der Waals surface area contributed by atoms with E-state index in [4.69, 9.17) is 4.74 Å². The zero-order chi connectivity index (χ0) is 17.6. The summed E-state index contributed by atoms with van der Waals surface area (Å²) in [7, 11) is 0. The molecular weight excluding hydrogens is 316 g/mol. The molecule has 1 atom stereocenters. The summed E-state index contributed by atoms with van der Waals surface area (Å²) in [6, 6.07) is 9.80. The predicted molar refractivity (Wildman–Crippen MR) is 96.0 cm³/mol. The highest BCUT2D eigenvalue weighted by molar-refractivity contribution is 5.82. The van der Waals surface area contributed by atoms with Crippen molar-refractivity contribution < 1.29 is 14.3 Å². The SMILES string of the molecule is CC(=O)N1CCCN(C(=O)[C@@H](OC2CCCC2)c2ccccc2)CC1. The number of ether oxygens (including phenoxy) is 1.